The minimum atomic E-state index is 0.523. The van der Waals surface area contributed by atoms with E-state index in [0.717, 1.165) is 35.9 Å². The average molecular weight is 336 g/mol. The molecule has 4 rings (SSSR count). The summed E-state index contributed by atoms with van der Waals surface area (Å²) in [5.41, 5.74) is 5.15. The van der Waals surface area contributed by atoms with Gasteiger partial charge < -0.3 is 5.32 Å². The van der Waals surface area contributed by atoms with Gasteiger partial charge in [-0.05, 0) is 23.6 Å². The van der Waals surface area contributed by atoms with E-state index in [1.54, 1.807) is 6.07 Å². The highest BCUT2D eigenvalue weighted by Crippen LogP contribution is 2.38. The number of benzene rings is 2. The number of nitrogens with zero attached hydrogens (tertiary/aromatic N) is 2. The van der Waals surface area contributed by atoms with Gasteiger partial charge in [0.15, 0.2) is 0 Å². The molecule has 1 unspecified atom stereocenters. The van der Waals surface area contributed by atoms with Gasteiger partial charge in [0.05, 0.1) is 27.5 Å². The Bertz CT molecular complexity index is 831. The van der Waals surface area contributed by atoms with Gasteiger partial charge in [-0.15, -0.1) is 0 Å². The maximum atomic E-state index is 6.30. The first-order valence-electron chi connectivity index (χ1n) is 6.66. The quantitative estimate of drug-likeness (QED) is 0.750. The van der Waals surface area contributed by atoms with Crippen molar-refractivity contribution in [3.8, 4) is 0 Å². The first-order chi connectivity index (χ1) is 10.2. The highest BCUT2D eigenvalue weighted by Gasteiger charge is 2.25. The third kappa shape index (κ3) is 2.18. The second kappa shape index (κ2) is 5.13. The van der Waals surface area contributed by atoms with Crippen molar-refractivity contribution in [3.05, 3.63) is 51.5 Å². The zero-order valence-corrected chi connectivity index (χ0v) is 13.3. The second-order valence-corrected chi connectivity index (χ2v) is 6.50. The van der Waals surface area contributed by atoms with Gasteiger partial charge in [0.2, 0.25) is 0 Å². The molecule has 0 fully saturated rings. The summed E-state index contributed by atoms with van der Waals surface area (Å²) in [5, 5.41) is 4.56. The van der Waals surface area contributed by atoms with Crippen molar-refractivity contribution in [1.29, 1.82) is 0 Å². The van der Waals surface area contributed by atoms with Crippen molar-refractivity contribution in [3.63, 3.8) is 0 Å². The van der Waals surface area contributed by atoms with E-state index in [4.69, 9.17) is 23.2 Å². The fraction of sp³-hybridized carbons (Fsp3) is 0.200. The molecule has 0 spiro atoms. The maximum Gasteiger partial charge on any atom is 0.130 e. The molecule has 21 heavy (non-hydrogen) atoms. The zero-order valence-electron chi connectivity index (χ0n) is 10.9. The van der Waals surface area contributed by atoms with E-state index in [1.165, 1.54) is 11.1 Å². The second-order valence-electron chi connectivity index (χ2n) is 5.16. The third-order valence-corrected chi connectivity index (χ3v) is 5.04. The van der Waals surface area contributed by atoms with Gasteiger partial charge in [0.1, 0.15) is 11.0 Å². The average Bonchev–Trinajstić information content (AvgIpc) is 2.92. The molecule has 0 aliphatic heterocycles. The molecule has 3 nitrogen and oxygen atoms in total. The summed E-state index contributed by atoms with van der Waals surface area (Å²) >= 11 is 13.6. The lowest BCUT2D eigenvalue weighted by atomic mass is 9.77. The van der Waals surface area contributed by atoms with Gasteiger partial charge in [-0.2, -0.15) is 8.75 Å². The third-order valence-electron chi connectivity index (χ3n) is 3.93. The van der Waals surface area contributed by atoms with Gasteiger partial charge in [-0.1, -0.05) is 47.5 Å². The summed E-state index contributed by atoms with van der Waals surface area (Å²) in [6.45, 7) is 0.838. The van der Waals surface area contributed by atoms with Crippen LogP contribution in [0.2, 0.25) is 10.0 Å². The van der Waals surface area contributed by atoms with E-state index >= 15 is 0 Å². The molecule has 1 N–H and O–H groups in total. The fourth-order valence-corrected chi connectivity index (χ4v) is 3.99. The van der Waals surface area contributed by atoms with Crippen molar-refractivity contribution in [1.82, 2.24) is 8.75 Å². The Balaban J connectivity index is 1.60. The molecule has 1 atom stereocenters. The van der Waals surface area contributed by atoms with E-state index < -0.39 is 0 Å². The smallest absolute Gasteiger partial charge is 0.130 e. The number of hydrogen-bond donors (Lipinski definition) is 1. The van der Waals surface area contributed by atoms with Crippen LogP contribution in [-0.2, 0) is 6.42 Å². The monoisotopic (exact) mass is 335 g/mol. The van der Waals surface area contributed by atoms with Crippen molar-refractivity contribution in [2.24, 2.45) is 0 Å². The number of aromatic nitrogens is 2. The first-order valence-corrected chi connectivity index (χ1v) is 8.14. The van der Waals surface area contributed by atoms with Crippen LogP contribution in [0.1, 0.15) is 17.0 Å². The summed E-state index contributed by atoms with van der Waals surface area (Å²) in [4.78, 5) is 0. The number of halogens is 2. The van der Waals surface area contributed by atoms with Crippen molar-refractivity contribution >= 4 is 51.7 Å². The lowest BCUT2D eigenvalue weighted by Gasteiger charge is -2.30. The van der Waals surface area contributed by atoms with Crippen LogP contribution < -0.4 is 5.32 Å². The molecule has 3 aromatic rings. The number of anilines is 1. The maximum absolute atomic E-state index is 6.30. The Morgan fingerprint density at radius 3 is 2.81 bits per heavy atom. The van der Waals surface area contributed by atoms with Crippen LogP contribution in [-0.4, -0.2) is 15.3 Å². The molecule has 0 bridgehead atoms. The van der Waals surface area contributed by atoms with E-state index in [0.29, 0.717) is 21.5 Å². The van der Waals surface area contributed by atoms with Gasteiger partial charge in [0, 0.05) is 12.5 Å². The van der Waals surface area contributed by atoms with Crippen molar-refractivity contribution in [2.45, 2.75) is 12.3 Å². The Labute approximate surface area is 136 Å². The number of rotatable bonds is 3. The first kappa shape index (κ1) is 13.3. The molecular weight excluding hydrogens is 325 g/mol. The van der Waals surface area contributed by atoms with Crippen LogP contribution in [0.4, 0.5) is 5.69 Å². The van der Waals surface area contributed by atoms with Crippen LogP contribution in [0.15, 0.2) is 30.3 Å². The van der Waals surface area contributed by atoms with E-state index in [9.17, 15) is 0 Å². The van der Waals surface area contributed by atoms with Crippen molar-refractivity contribution in [2.75, 3.05) is 11.9 Å². The predicted molar refractivity (Wildman–Crippen MR) is 88.8 cm³/mol. The number of fused-ring (bicyclic) bond motifs is 2. The fourth-order valence-electron chi connectivity index (χ4n) is 2.81. The molecule has 0 radical (unpaired) electrons. The lowest BCUT2D eigenvalue weighted by molar-refractivity contribution is 0.636. The molecule has 106 valence electrons. The highest BCUT2D eigenvalue weighted by molar-refractivity contribution is 7.00. The Morgan fingerprint density at radius 1 is 1.14 bits per heavy atom. The SMILES string of the molecule is Clc1cc(Cl)c2nsnc2c1NCC1Cc2ccccc21. The van der Waals surface area contributed by atoms with Gasteiger partial charge in [-0.25, -0.2) is 0 Å². The Morgan fingerprint density at radius 2 is 1.95 bits per heavy atom. The van der Waals surface area contributed by atoms with E-state index in [-0.39, 0.29) is 0 Å². The molecule has 2 aromatic carbocycles. The van der Waals surface area contributed by atoms with Crippen LogP contribution >= 0.6 is 34.9 Å². The normalized spacial score (nSPS) is 16.6. The van der Waals surface area contributed by atoms with Crippen LogP contribution in [0.3, 0.4) is 0 Å². The Kier molecular flexibility index (Phi) is 3.25. The van der Waals surface area contributed by atoms with Gasteiger partial charge in [0.25, 0.3) is 0 Å². The summed E-state index contributed by atoms with van der Waals surface area (Å²) < 4.78 is 8.52. The molecule has 6 heteroatoms. The summed E-state index contributed by atoms with van der Waals surface area (Å²) in [6.07, 6.45) is 1.10. The van der Waals surface area contributed by atoms with Crippen LogP contribution in [0, 0.1) is 0 Å². The van der Waals surface area contributed by atoms with Gasteiger partial charge in [-0.3, -0.25) is 0 Å². The molecule has 0 amide bonds. The zero-order chi connectivity index (χ0) is 14.4. The molecule has 1 aliphatic rings. The van der Waals surface area contributed by atoms with Crippen LogP contribution in [0.5, 0.6) is 0 Å². The van der Waals surface area contributed by atoms with E-state index in [1.807, 2.05) is 0 Å². The summed E-state index contributed by atoms with van der Waals surface area (Å²) in [7, 11) is 0. The molecule has 1 aliphatic carbocycles. The largest absolute Gasteiger partial charge is 0.381 e. The summed E-state index contributed by atoms with van der Waals surface area (Å²) in [6, 6.07) is 10.3. The molecule has 0 saturated heterocycles. The molecule has 0 saturated carbocycles. The van der Waals surface area contributed by atoms with Crippen molar-refractivity contribution < 1.29 is 0 Å². The van der Waals surface area contributed by atoms with Gasteiger partial charge >= 0.3 is 0 Å². The molecule has 1 heterocycles. The predicted octanol–water partition coefficient (Wildman–Crippen LogP) is 4.75. The summed E-state index contributed by atoms with van der Waals surface area (Å²) in [5.74, 6) is 0.523. The standard InChI is InChI=1S/C15H11Cl2N3S/c16-11-6-12(17)14-15(20-21-19-14)13(11)18-7-9-5-8-3-1-2-4-10(8)9/h1-4,6,9,18H,5,7H2. The minimum Gasteiger partial charge on any atom is -0.381 e. The van der Waals surface area contributed by atoms with Crippen LogP contribution in [0.25, 0.3) is 11.0 Å². The topological polar surface area (TPSA) is 37.8 Å². The molecule has 1 aromatic heterocycles. The number of hydrogen-bond acceptors (Lipinski definition) is 4. The minimum absolute atomic E-state index is 0.523. The highest BCUT2D eigenvalue weighted by atomic mass is 35.5. The Hall–Kier alpha value is -1.36. The lowest BCUT2D eigenvalue weighted by Crippen LogP contribution is -2.24. The number of nitrogens with one attached hydrogen (secondary N) is 1. The van der Waals surface area contributed by atoms with E-state index in [2.05, 4.69) is 38.3 Å². The molecular formula is C15H11Cl2N3S.